The van der Waals surface area contributed by atoms with Gasteiger partial charge in [-0.1, -0.05) is 164 Å². The fourth-order valence-corrected chi connectivity index (χ4v) is 8.99. The molecule has 9 aromatic carbocycles. The zero-order chi connectivity index (χ0) is 34.4. The van der Waals surface area contributed by atoms with Crippen molar-refractivity contribution in [1.29, 1.82) is 0 Å². The minimum atomic E-state index is 1.12. The maximum Gasteiger partial charge on any atom is 0.0547 e. The maximum atomic E-state index is 2.44. The molecule has 0 saturated carbocycles. The van der Waals surface area contributed by atoms with Gasteiger partial charge in [-0.15, -0.1) is 11.3 Å². The molecule has 10 aromatic rings. The molecule has 52 heavy (non-hydrogen) atoms. The van der Waals surface area contributed by atoms with E-state index >= 15 is 0 Å². The van der Waals surface area contributed by atoms with E-state index in [4.69, 9.17) is 0 Å². The van der Waals surface area contributed by atoms with Crippen molar-refractivity contribution in [3.63, 3.8) is 0 Å². The maximum absolute atomic E-state index is 2.44. The fourth-order valence-electron chi connectivity index (χ4n) is 7.72. The summed E-state index contributed by atoms with van der Waals surface area (Å²) >= 11 is 1.90. The molecule has 0 spiro atoms. The third kappa shape index (κ3) is 5.24. The van der Waals surface area contributed by atoms with Gasteiger partial charge in [0.2, 0.25) is 0 Å². The number of fused-ring (bicyclic) bond motifs is 6. The van der Waals surface area contributed by atoms with Gasteiger partial charge in [0.1, 0.15) is 0 Å². The van der Waals surface area contributed by atoms with E-state index in [1.807, 2.05) is 11.3 Å². The molecule has 244 valence electrons. The van der Waals surface area contributed by atoms with E-state index in [-0.39, 0.29) is 0 Å². The van der Waals surface area contributed by atoms with Gasteiger partial charge in [0.25, 0.3) is 0 Å². The normalized spacial score (nSPS) is 11.5. The zero-order valence-corrected chi connectivity index (χ0v) is 29.2. The summed E-state index contributed by atoms with van der Waals surface area (Å²) in [6.07, 6.45) is 0. The standard InChI is InChI=1S/C50H33NS/c1-3-13-34(14-4-1)36-25-28-40(29-26-36)51(41-20-11-19-38(31-41)35-15-5-2-6-16-35)48-33-47-45-30-27-39(43-24-12-18-37-17-7-8-21-42(37)43)32-49(45)52-50(47)46-23-10-9-22-44(46)48/h1-33H. The molecule has 1 heterocycles. The summed E-state index contributed by atoms with van der Waals surface area (Å²) in [5.74, 6) is 0. The molecular formula is C50H33NS. The highest BCUT2D eigenvalue weighted by molar-refractivity contribution is 7.26. The molecule has 0 fully saturated rings. The van der Waals surface area contributed by atoms with Gasteiger partial charge in [-0.2, -0.15) is 0 Å². The van der Waals surface area contributed by atoms with Crippen LogP contribution >= 0.6 is 11.3 Å². The summed E-state index contributed by atoms with van der Waals surface area (Å²) in [6.45, 7) is 0. The number of thiophene rings is 1. The van der Waals surface area contributed by atoms with Crippen molar-refractivity contribution in [1.82, 2.24) is 0 Å². The van der Waals surface area contributed by atoms with Gasteiger partial charge < -0.3 is 4.90 Å². The Kier molecular flexibility index (Phi) is 7.41. The Morgan fingerprint density at radius 2 is 0.923 bits per heavy atom. The molecule has 0 aliphatic heterocycles. The smallest absolute Gasteiger partial charge is 0.0547 e. The molecule has 0 aliphatic carbocycles. The Morgan fingerprint density at radius 1 is 0.327 bits per heavy atom. The number of hydrogen-bond acceptors (Lipinski definition) is 2. The molecule has 0 atom stereocenters. The average Bonchev–Trinajstić information content (AvgIpc) is 3.60. The topological polar surface area (TPSA) is 3.24 Å². The minimum Gasteiger partial charge on any atom is -0.310 e. The highest BCUT2D eigenvalue weighted by atomic mass is 32.1. The Bertz CT molecular complexity index is 2880. The van der Waals surface area contributed by atoms with Gasteiger partial charge in [-0.25, -0.2) is 0 Å². The van der Waals surface area contributed by atoms with Crippen LogP contribution in [0.15, 0.2) is 200 Å². The molecule has 2 heteroatoms. The highest BCUT2D eigenvalue weighted by Crippen LogP contribution is 2.47. The van der Waals surface area contributed by atoms with Crippen LogP contribution in [0.5, 0.6) is 0 Å². The lowest BCUT2D eigenvalue weighted by Crippen LogP contribution is -2.10. The molecule has 0 unspecified atom stereocenters. The first-order valence-electron chi connectivity index (χ1n) is 17.8. The number of rotatable bonds is 6. The molecular weight excluding hydrogens is 647 g/mol. The van der Waals surface area contributed by atoms with Crippen LogP contribution < -0.4 is 4.90 Å². The first-order valence-corrected chi connectivity index (χ1v) is 18.6. The molecule has 0 bridgehead atoms. The molecule has 0 aliphatic rings. The molecule has 0 amide bonds. The summed E-state index contributed by atoms with van der Waals surface area (Å²) in [6, 6.07) is 72.9. The van der Waals surface area contributed by atoms with Crippen LogP contribution in [0.4, 0.5) is 17.1 Å². The summed E-state index contributed by atoms with van der Waals surface area (Å²) in [5.41, 5.74) is 10.7. The van der Waals surface area contributed by atoms with Crippen molar-refractivity contribution in [3.05, 3.63) is 200 Å². The fraction of sp³-hybridized carbons (Fsp3) is 0. The number of benzene rings is 9. The second-order valence-electron chi connectivity index (χ2n) is 13.3. The lowest BCUT2D eigenvalue weighted by Gasteiger charge is -2.28. The average molecular weight is 680 g/mol. The van der Waals surface area contributed by atoms with E-state index in [0.717, 1.165) is 11.4 Å². The SMILES string of the molecule is c1ccc(-c2ccc(N(c3cccc(-c4ccccc4)c3)c3cc4c5ccc(-c6cccc7ccccc67)cc5sc4c4ccccc34)cc2)cc1. The van der Waals surface area contributed by atoms with Crippen molar-refractivity contribution in [3.8, 4) is 33.4 Å². The number of hydrogen-bond donors (Lipinski definition) is 0. The van der Waals surface area contributed by atoms with E-state index in [9.17, 15) is 0 Å². The van der Waals surface area contributed by atoms with E-state index in [0.29, 0.717) is 0 Å². The van der Waals surface area contributed by atoms with Crippen LogP contribution in [-0.4, -0.2) is 0 Å². The highest BCUT2D eigenvalue weighted by Gasteiger charge is 2.20. The van der Waals surface area contributed by atoms with Crippen LogP contribution in [-0.2, 0) is 0 Å². The van der Waals surface area contributed by atoms with Gasteiger partial charge in [-0.05, 0) is 80.6 Å². The monoisotopic (exact) mass is 679 g/mol. The molecule has 1 aromatic heterocycles. The Balaban J connectivity index is 1.19. The van der Waals surface area contributed by atoms with E-state index in [2.05, 4.69) is 205 Å². The Labute approximate surface area is 307 Å². The number of anilines is 3. The Morgan fingerprint density at radius 3 is 1.71 bits per heavy atom. The third-order valence-corrected chi connectivity index (χ3v) is 11.4. The van der Waals surface area contributed by atoms with Crippen molar-refractivity contribution in [2.75, 3.05) is 4.90 Å². The second-order valence-corrected chi connectivity index (χ2v) is 14.4. The van der Waals surface area contributed by atoms with Crippen LogP contribution in [0.2, 0.25) is 0 Å². The zero-order valence-electron chi connectivity index (χ0n) is 28.4. The lowest BCUT2D eigenvalue weighted by molar-refractivity contribution is 1.30. The summed E-state index contributed by atoms with van der Waals surface area (Å²) < 4.78 is 2.62. The predicted octanol–water partition coefficient (Wildman–Crippen LogP) is 14.8. The van der Waals surface area contributed by atoms with Crippen LogP contribution in [0.3, 0.4) is 0 Å². The van der Waals surface area contributed by atoms with Crippen LogP contribution in [0, 0.1) is 0 Å². The lowest BCUT2D eigenvalue weighted by atomic mass is 9.97. The molecule has 1 nitrogen and oxygen atoms in total. The van der Waals surface area contributed by atoms with Crippen LogP contribution in [0.1, 0.15) is 0 Å². The van der Waals surface area contributed by atoms with Gasteiger partial charge >= 0.3 is 0 Å². The van der Waals surface area contributed by atoms with Crippen LogP contribution in [0.25, 0.3) is 75.1 Å². The molecule has 10 rings (SSSR count). The van der Waals surface area contributed by atoms with Crippen molar-refractivity contribution >= 4 is 70.1 Å². The minimum absolute atomic E-state index is 1.12. The third-order valence-electron chi connectivity index (χ3n) is 10.2. The predicted molar refractivity (Wildman–Crippen MR) is 225 cm³/mol. The van der Waals surface area contributed by atoms with Gasteiger partial charge in [-0.3, -0.25) is 0 Å². The molecule has 0 radical (unpaired) electrons. The van der Waals surface area contributed by atoms with E-state index < -0.39 is 0 Å². The first kappa shape index (κ1) is 30.4. The van der Waals surface area contributed by atoms with Crippen molar-refractivity contribution in [2.24, 2.45) is 0 Å². The van der Waals surface area contributed by atoms with Gasteiger partial charge in [0.05, 0.1) is 5.69 Å². The summed E-state index contributed by atoms with van der Waals surface area (Å²) in [7, 11) is 0. The van der Waals surface area contributed by atoms with E-state index in [1.54, 1.807) is 0 Å². The Hall–Kier alpha value is -6.48. The van der Waals surface area contributed by atoms with E-state index in [1.165, 1.54) is 80.8 Å². The van der Waals surface area contributed by atoms with Crippen molar-refractivity contribution in [2.45, 2.75) is 0 Å². The van der Waals surface area contributed by atoms with Gasteiger partial charge in [0.15, 0.2) is 0 Å². The summed E-state index contributed by atoms with van der Waals surface area (Å²) in [4.78, 5) is 2.44. The summed E-state index contributed by atoms with van der Waals surface area (Å²) in [5, 5.41) is 7.61. The largest absolute Gasteiger partial charge is 0.310 e. The second kappa shape index (κ2) is 12.7. The quantitative estimate of drug-likeness (QED) is 0.169. The van der Waals surface area contributed by atoms with Gasteiger partial charge in [0, 0.05) is 42.3 Å². The first-order chi connectivity index (χ1) is 25.8. The number of nitrogens with zero attached hydrogens (tertiary/aromatic N) is 1. The molecule has 0 N–H and O–H groups in total. The molecule has 0 saturated heterocycles. The van der Waals surface area contributed by atoms with Crippen molar-refractivity contribution < 1.29 is 0 Å².